The normalized spacial score (nSPS) is 13.1. The van der Waals surface area contributed by atoms with Gasteiger partial charge >= 0.3 is 0 Å². The summed E-state index contributed by atoms with van der Waals surface area (Å²) >= 11 is 0. The summed E-state index contributed by atoms with van der Waals surface area (Å²) in [5, 5.41) is 15.3. The zero-order chi connectivity index (χ0) is 37.7. The molecule has 12 aromatic rings. The molecule has 0 aliphatic heterocycles. The molecule has 57 heavy (non-hydrogen) atoms. The molecule has 0 fully saturated rings. The van der Waals surface area contributed by atoms with Crippen LogP contribution in [0.4, 0.5) is 0 Å². The van der Waals surface area contributed by atoms with Gasteiger partial charge in [-0.2, -0.15) is 0 Å². The molecule has 0 amide bonds. The highest BCUT2D eigenvalue weighted by Gasteiger charge is 2.30. The third-order valence-corrected chi connectivity index (χ3v) is 15.0. The highest BCUT2D eigenvalue weighted by Crippen LogP contribution is 2.44. The lowest BCUT2D eigenvalue weighted by Crippen LogP contribution is -2.25. The smallest absolute Gasteiger partial charge is 0.171 e. The van der Waals surface area contributed by atoms with Gasteiger partial charge in [-0.1, -0.05) is 164 Å². The lowest BCUT2D eigenvalue weighted by atomic mass is 9.95. The number of rotatable bonds is 4. The van der Waals surface area contributed by atoms with Crippen molar-refractivity contribution in [2.75, 3.05) is 0 Å². The van der Waals surface area contributed by atoms with Crippen LogP contribution in [0.5, 0.6) is 0 Å². The predicted octanol–water partition coefficient (Wildman–Crippen LogP) is 12.7. The van der Waals surface area contributed by atoms with Crippen molar-refractivity contribution < 1.29 is 4.57 Å². The lowest BCUT2D eigenvalue weighted by Gasteiger charge is -2.21. The zero-order valence-electron chi connectivity index (χ0n) is 30.8. The van der Waals surface area contributed by atoms with E-state index in [0.29, 0.717) is 0 Å². The van der Waals surface area contributed by atoms with Gasteiger partial charge in [-0.3, -0.25) is 4.40 Å². The molecule has 0 saturated heterocycles. The van der Waals surface area contributed by atoms with Crippen molar-refractivity contribution in [3.8, 4) is 11.1 Å². The SMILES string of the molecule is O=P(c1ccccc1)(c1ccc2ccccc2c1)c1ccc2c(ccc3cc(-c4ccc5c(ccc6c7ccccc7c7nc8ccccc8n7c56)c4)ccc32)c1. The van der Waals surface area contributed by atoms with Crippen molar-refractivity contribution in [3.05, 3.63) is 200 Å². The molecule has 10 aromatic carbocycles. The van der Waals surface area contributed by atoms with Gasteiger partial charge < -0.3 is 4.57 Å². The van der Waals surface area contributed by atoms with E-state index in [2.05, 4.69) is 156 Å². The molecule has 0 radical (unpaired) electrons. The van der Waals surface area contributed by atoms with Crippen LogP contribution >= 0.6 is 7.14 Å². The van der Waals surface area contributed by atoms with E-state index in [0.717, 1.165) is 59.5 Å². The second kappa shape index (κ2) is 12.2. The molecule has 2 aromatic heterocycles. The molecule has 4 heteroatoms. The third kappa shape index (κ3) is 4.80. The van der Waals surface area contributed by atoms with Crippen molar-refractivity contribution in [2.45, 2.75) is 0 Å². The van der Waals surface area contributed by atoms with Gasteiger partial charge in [0.05, 0.1) is 16.6 Å². The third-order valence-electron chi connectivity index (χ3n) is 12.0. The molecule has 0 aliphatic rings. The minimum Gasteiger partial charge on any atom is -0.309 e. The highest BCUT2D eigenvalue weighted by atomic mass is 31.2. The number of para-hydroxylation sites is 2. The van der Waals surface area contributed by atoms with Crippen LogP contribution in [0.2, 0.25) is 0 Å². The average molecular weight is 745 g/mol. The second-order valence-electron chi connectivity index (χ2n) is 15.1. The summed E-state index contributed by atoms with van der Waals surface area (Å²) in [6.07, 6.45) is 0. The molecule has 0 N–H and O–H groups in total. The van der Waals surface area contributed by atoms with Crippen LogP contribution in [0.25, 0.3) is 92.6 Å². The predicted molar refractivity (Wildman–Crippen MR) is 243 cm³/mol. The molecule has 2 heterocycles. The fraction of sp³-hybridized carbons (Fsp3) is 0. The van der Waals surface area contributed by atoms with E-state index in [1.54, 1.807) is 0 Å². The number of benzene rings is 10. The quantitative estimate of drug-likeness (QED) is 0.133. The van der Waals surface area contributed by atoms with E-state index in [1.807, 2.05) is 48.5 Å². The van der Waals surface area contributed by atoms with E-state index in [4.69, 9.17) is 4.98 Å². The van der Waals surface area contributed by atoms with Gasteiger partial charge in [0.25, 0.3) is 0 Å². The van der Waals surface area contributed by atoms with E-state index >= 15 is 4.57 Å². The first-order valence-corrected chi connectivity index (χ1v) is 21.1. The molecule has 0 saturated carbocycles. The summed E-state index contributed by atoms with van der Waals surface area (Å²) < 4.78 is 17.8. The van der Waals surface area contributed by atoms with Crippen LogP contribution in [0, 0.1) is 0 Å². The molecule has 0 spiro atoms. The second-order valence-corrected chi connectivity index (χ2v) is 17.9. The fourth-order valence-electron chi connectivity index (χ4n) is 9.19. The molecule has 1 unspecified atom stereocenters. The summed E-state index contributed by atoms with van der Waals surface area (Å²) in [6, 6.07) is 70.4. The maximum absolute atomic E-state index is 15.5. The van der Waals surface area contributed by atoms with Gasteiger partial charge in [-0.25, -0.2) is 4.98 Å². The van der Waals surface area contributed by atoms with E-state index < -0.39 is 7.14 Å². The summed E-state index contributed by atoms with van der Waals surface area (Å²) in [5.41, 5.74) is 6.63. The van der Waals surface area contributed by atoms with E-state index in [-0.39, 0.29) is 0 Å². The van der Waals surface area contributed by atoms with Crippen molar-refractivity contribution >= 4 is 105 Å². The number of hydrogen-bond acceptors (Lipinski definition) is 2. The van der Waals surface area contributed by atoms with Crippen molar-refractivity contribution in [1.82, 2.24) is 9.38 Å². The zero-order valence-corrected chi connectivity index (χ0v) is 31.7. The van der Waals surface area contributed by atoms with Crippen LogP contribution in [0.1, 0.15) is 0 Å². The minimum atomic E-state index is -3.17. The van der Waals surface area contributed by atoms with Crippen molar-refractivity contribution in [3.63, 3.8) is 0 Å². The lowest BCUT2D eigenvalue weighted by molar-refractivity contribution is 0.592. The van der Waals surface area contributed by atoms with Crippen LogP contribution in [-0.2, 0) is 4.57 Å². The molecule has 0 bridgehead atoms. The molecular weight excluding hydrogens is 712 g/mol. The molecular formula is C53H33N2OP. The standard InChI is InChI=1S/C53H33N2OP/c56-57(41-12-2-1-3-13-41,42-24-20-34-10-4-5-11-35(34)32-42)43-25-29-45-40(33-43)19-18-38-30-36(21-26-44(38)45)37-22-27-46-39(31-37)23-28-48-47-14-6-7-15-49(47)53-54-50-16-8-9-17-51(50)55(53)52(46)48/h1-33H. The largest absolute Gasteiger partial charge is 0.309 e. The Bertz CT molecular complexity index is 3680. The summed E-state index contributed by atoms with van der Waals surface area (Å²) in [4.78, 5) is 5.12. The van der Waals surface area contributed by atoms with Gasteiger partial charge in [0.15, 0.2) is 7.14 Å². The maximum Gasteiger partial charge on any atom is 0.171 e. The van der Waals surface area contributed by atoms with Crippen molar-refractivity contribution in [1.29, 1.82) is 0 Å². The molecule has 1 atom stereocenters. The van der Waals surface area contributed by atoms with Crippen LogP contribution in [0.3, 0.4) is 0 Å². The monoisotopic (exact) mass is 744 g/mol. The number of fused-ring (bicyclic) bond motifs is 14. The Morgan fingerprint density at radius 2 is 0.912 bits per heavy atom. The Morgan fingerprint density at radius 3 is 1.72 bits per heavy atom. The molecule has 3 nitrogen and oxygen atoms in total. The van der Waals surface area contributed by atoms with Gasteiger partial charge in [-0.15, -0.1) is 0 Å². The number of nitrogens with zero attached hydrogens (tertiary/aromatic N) is 2. The van der Waals surface area contributed by atoms with Gasteiger partial charge in [-0.05, 0) is 90.6 Å². The Kier molecular flexibility index (Phi) is 6.90. The fourth-order valence-corrected chi connectivity index (χ4v) is 11.9. The van der Waals surface area contributed by atoms with Gasteiger partial charge in [0.2, 0.25) is 0 Å². The molecule has 12 rings (SSSR count). The summed E-state index contributed by atoms with van der Waals surface area (Å²) in [5.74, 6) is 0. The Morgan fingerprint density at radius 1 is 0.368 bits per heavy atom. The Labute approximate surface area is 328 Å². The molecule has 266 valence electrons. The Hall–Kier alpha value is -7.06. The highest BCUT2D eigenvalue weighted by molar-refractivity contribution is 7.85. The first kappa shape index (κ1) is 32.2. The number of hydrogen-bond donors (Lipinski definition) is 0. The summed E-state index contributed by atoms with van der Waals surface area (Å²) in [7, 11) is -3.17. The molecule has 0 aliphatic carbocycles. The topological polar surface area (TPSA) is 34.4 Å². The number of pyridine rings is 1. The number of aromatic nitrogens is 2. The maximum atomic E-state index is 15.5. The van der Waals surface area contributed by atoms with E-state index in [9.17, 15) is 0 Å². The first-order chi connectivity index (χ1) is 28.1. The van der Waals surface area contributed by atoms with Crippen molar-refractivity contribution in [2.24, 2.45) is 0 Å². The van der Waals surface area contributed by atoms with Crippen LogP contribution < -0.4 is 15.9 Å². The van der Waals surface area contributed by atoms with Gasteiger partial charge in [0.1, 0.15) is 5.65 Å². The van der Waals surface area contributed by atoms with Gasteiger partial charge in [0, 0.05) is 32.1 Å². The minimum absolute atomic E-state index is 0.838. The number of imidazole rings is 1. The Balaban J connectivity index is 0.980. The first-order valence-electron chi connectivity index (χ1n) is 19.4. The van der Waals surface area contributed by atoms with E-state index in [1.165, 1.54) is 49.0 Å². The van der Waals surface area contributed by atoms with Crippen LogP contribution in [-0.4, -0.2) is 9.38 Å². The average Bonchev–Trinajstić information content (AvgIpc) is 3.68. The summed E-state index contributed by atoms with van der Waals surface area (Å²) in [6.45, 7) is 0. The van der Waals surface area contributed by atoms with Crippen LogP contribution in [0.15, 0.2) is 200 Å².